The van der Waals surface area contributed by atoms with Gasteiger partial charge in [0.2, 0.25) is 0 Å². The van der Waals surface area contributed by atoms with Crippen LogP contribution in [0.25, 0.3) is 0 Å². The third-order valence-electron chi connectivity index (χ3n) is 4.33. The van der Waals surface area contributed by atoms with Crippen LogP contribution in [0.15, 0.2) is 54.6 Å². The van der Waals surface area contributed by atoms with Crippen LogP contribution in [0.2, 0.25) is 0 Å². The van der Waals surface area contributed by atoms with Gasteiger partial charge >= 0.3 is 12.6 Å². The van der Waals surface area contributed by atoms with Gasteiger partial charge in [-0.15, -0.1) is 0 Å². The molecule has 0 radical (unpaired) electrons. The summed E-state index contributed by atoms with van der Waals surface area (Å²) in [6.45, 7) is 0.598. The van der Waals surface area contributed by atoms with E-state index >= 15 is 0 Å². The molecule has 0 aliphatic rings. The second kappa shape index (κ2) is 10.4. The lowest BCUT2D eigenvalue weighted by Crippen LogP contribution is -2.26. The summed E-state index contributed by atoms with van der Waals surface area (Å²) in [6.07, 6.45) is 0.786. The number of carbonyl (C=O) groups is 2. The molecule has 0 aliphatic heterocycles. The van der Waals surface area contributed by atoms with Crippen LogP contribution in [0.4, 0.5) is 14.5 Å². The number of rotatable bonds is 9. The molecule has 2 aromatic carbocycles. The molecule has 5 nitrogen and oxygen atoms in total. The van der Waals surface area contributed by atoms with Gasteiger partial charge in [0.1, 0.15) is 5.75 Å². The Bertz CT molecular complexity index is 766. The number of ether oxygens (including phenoxy) is 2. The maximum absolute atomic E-state index is 12.6. The van der Waals surface area contributed by atoms with Crippen LogP contribution in [0.3, 0.4) is 0 Å². The zero-order valence-electron chi connectivity index (χ0n) is 15.7. The highest BCUT2D eigenvalue weighted by atomic mass is 19.3. The first kappa shape index (κ1) is 21.3. The molecular weight excluding hydrogens is 368 g/mol. The minimum Gasteiger partial charge on any atom is -0.455 e. The molecule has 0 unspecified atom stereocenters. The monoisotopic (exact) mass is 391 g/mol. The smallest absolute Gasteiger partial charge is 0.387 e. The van der Waals surface area contributed by atoms with Gasteiger partial charge in [-0.1, -0.05) is 50.6 Å². The fraction of sp³-hybridized carbons (Fsp3) is 0.333. The fourth-order valence-corrected chi connectivity index (χ4v) is 2.74. The maximum atomic E-state index is 12.6. The summed E-state index contributed by atoms with van der Waals surface area (Å²) in [5, 5.41) is 2.54. The molecule has 2 aromatic rings. The predicted molar refractivity (Wildman–Crippen MR) is 101 cm³/mol. The van der Waals surface area contributed by atoms with Crippen molar-refractivity contribution in [2.75, 3.05) is 11.9 Å². The zero-order chi connectivity index (χ0) is 20.5. The molecule has 2 atom stereocenters. The molecule has 0 saturated carbocycles. The average Bonchev–Trinajstić information content (AvgIpc) is 2.68. The molecule has 28 heavy (non-hydrogen) atoms. The van der Waals surface area contributed by atoms with Crippen LogP contribution >= 0.6 is 0 Å². The quantitative estimate of drug-likeness (QED) is 0.635. The van der Waals surface area contributed by atoms with E-state index in [4.69, 9.17) is 4.74 Å². The van der Waals surface area contributed by atoms with Crippen molar-refractivity contribution in [2.24, 2.45) is 5.92 Å². The van der Waals surface area contributed by atoms with Gasteiger partial charge in [0.05, 0.1) is 5.92 Å². The van der Waals surface area contributed by atoms with Crippen LogP contribution in [-0.4, -0.2) is 25.1 Å². The number of halogens is 2. The molecular formula is C21H23F2NO4. The Kier molecular flexibility index (Phi) is 7.92. The Morgan fingerprint density at radius 2 is 1.68 bits per heavy atom. The lowest BCUT2D eigenvalue weighted by molar-refractivity contribution is -0.150. The number of alkyl halides is 2. The third kappa shape index (κ3) is 6.33. The van der Waals surface area contributed by atoms with Gasteiger partial charge in [0, 0.05) is 5.69 Å². The van der Waals surface area contributed by atoms with E-state index in [1.54, 1.807) is 0 Å². The number of anilines is 1. The van der Waals surface area contributed by atoms with Crippen molar-refractivity contribution in [3.8, 4) is 5.75 Å². The van der Waals surface area contributed by atoms with E-state index in [1.165, 1.54) is 24.3 Å². The van der Waals surface area contributed by atoms with Crippen LogP contribution in [-0.2, 0) is 14.3 Å². The maximum Gasteiger partial charge on any atom is 0.387 e. The first-order chi connectivity index (χ1) is 13.4. The van der Waals surface area contributed by atoms with Crippen molar-refractivity contribution in [2.45, 2.75) is 32.8 Å². The van der Waals surface area contributed by atoms with Gasteiger partial charge in [-0.25, -0.2) is 0 Å². The number of hydrogen-bond acceptors (Lipinski definition) is 4. The standard InChI is InChI=1S/C21H23F2NO4/c1-3-14(2)19(15-7-5-4-6-8-15)20(26)27-13-18(25)24-16-9-11-17(12-10-16)28-21(22)23/h4-12,14,19,21H,3,13H2,1-2H3,(H,24,25)/t14-,19+/m0/s1. The lowest BCUT2D eigenvalue weighted by atomic mass is 9.86. The third-order valence-corrected chi connectivity index (χ3v) is 4.33. The molecule has 0 bridgehead atoms. The molecule has 0 aliphatic carbocycles. The van der Waals surface area contributed by atoms with E-state index in [9.17, 15) is 18.4 Å². The molecule has 7 heteroatoms. The van der Waals surface area contributed by atoms with Crippen LogP contribution in [0.5, 0.6) is 5.75 Å². The van der Waals surface area contributed by atoms with E-state index in [2.05, 4.69) is 10.1 Å². The summed E-state index contributed by atoms with van der Waals surface area (Å²) in [4.78, 5) is 24.6. The molecule has 0 saturated heterocycles. The normalized spacial score (nSPS) is 12.9. The topological polar surface area (TPSA) is 64.6 Å². The fourth-order valence-electron chi connectivity index (χ4n) is 2.74. The minimum absolute atomic E-state index is 0.0151. The molecule has 0 aromatic heterocycles. The first-order valence-electron chi connectivity index (χ1n) is 8.97. The highest BCUT2D eigenvalue weighted by Crippen LogP contribution is 2.28. The second-order valence-corrected chi connectivity index (χ2v) is 6.33. The van der Waals surface area contributed by atoms with Gasteiger partial charge in [-0.05, 0) is 35.7 Å². The SMILES string of the molecule is CC[C@H](C)[C@@H](C(=O)OCC(=O)Nc1ccc(OC(F)F)cc1)c1ccccc1. The van der Waals surface area contributed by atoms with Gasteiger partial charge in [-0.2, -0.15) is 8.78 Å². The van der Waals surface area contributed by atoms with Gasteiger partial charge in [0.15, 0.2) is 6.61 Å². The highest BCUT2D eigenvalue weighted by molar-refractivity contribution is 5.93. The summed E-state index contributed by atoms with van der Waals surface area (Å²) >= 11 is 0. The number of carbonyl (C=O) groups excluding carboxylic acids is 2. The first-order valence-corrected chi connectivity index (χ1v) is 8.97. The molecule has 1 amide bonds. The van der Waals surface area contributed by atoms with Crippen molar-refractivity contribution in [3.05, 3.63) is 60.2 Å². The highest BCUT2D eigenvalue weighted by Gasteiger charge is 2.27. The van der Waals surface area contributed by atoms with Crippen LogP contribution < -0.4 is 10.1 Å². The van der Waals surface area contributed by atoms with E-state index in [0.29, 0.717) is 5.69 Å². The van der Waals surface area contributed by atoms with Gasteiger partial charge < -0.3 is 14.8 Å². The van der Waals surface area contributed by atoms with E-state index in [-0.39, 0.29) is 11.7 Å². The Morgan fingerprint density at radius 1 is 1.04 bits per heavy atom. The van der Waals surface area contributed by atoms with E-state index in [1.807, 2.05) is 44.2 Å². The van der Waals surface area contributed by atoms with Crippen molar-refractivity contribution < 1.29 is 27.8 Å². The van der Waals surface area contributed by atoms with Crippen LogP contribution in [0.1, 0.15) is 31.7 Å². The Hall–Kier alpha value is -2.96. The summed E-state index contributed by atoms with van der Waals surface area (Å²) in [6, 6.07) is 14.8. The number of nitrogens with one attached hydrogen (secondary N) is 1. The molecule has 2 rings (SSSR count). The number of benzene rings is 2. The van der Waals surface area contributed by atoms with Crippen LogP contribution in [0, 0.1) is 5.92 Å². The molecule has 0 spiro atoms. The largest absolute Gasteiger partial charge is 0.455 e. The van der Waals surface area contributed by atoms with E-state index in [0.717, 1.165) is 12.0 Å². The predicted octanol–water partition coefficient (Wildman–Crippen LogP) is 4.60. The average molecular weight is 391 g/mol. The summed E-state index contributed by atoms with van der Waals surface area (Å²) < 4.78 is 33.7. The Balaban J connectivity index is 1.92. The summed E-state index contributed by atoms with van der Waals surface area (Å²) in [7, 11) is 0. The van der Waals surface area contributed by atoms with Crippen molar-refractivity contribution in [1.82, 2.24) is 0 Å². The second-order valence-electron chi connectivity index (χ2n) is 6.33. The number of esters is 1. The summed E-state index contributed by atoms with van der Waals surface area (Å²) in [5.74, 6) is -1.40. The Labute approximate surface area is 162 Å². The minimum atomic E-state index is -2.91. The molecule has 0 fully saturated rings. The molecule has 0 heterocycles. The van der Waals surface area contributed by atoms with Gasteiger partial charge in [-0.3, -0.25) is 9.59 Å². The zero-order valence-corrected chi connectivity index (χ0v) is 15.7. The molecule has 1 N–H and O–H groups in total. The van der Waals surface area contributed by atoms with Crippen molar-refractivity contribution in [3.63, 3.8) is 0 Å². The van der Waals surface area contributed by atoms with Gasteiger partial charge in [0.25, 0.3) is 5.91 Å². The van der Waals surface area contributed by atoms with Crippen molar-refractivity contribution >= 4 is 17.6 Å². The van der Waals surface area contributed by atoms with Crippen molar-refractivity contribution in [1.29, 1.82) is 0 Å². The summed E-state index contributed by atoms with van der Waals surface area (Å²) in [5.41, 5.74) is 1.22. The Morgan fingerprint density at radius 3 is 2.25 bits per heavy atom. The van der Waals surface area contributed by atoms with E-state index < -0.39 is 31.0 Å². The number of hydrogen-bond donors (Lipinski definition) is 1. The molecule has 150 valence electrons. The number of amides is 1. The lowest BCUT2D eigenvalue weighted by Gasteiger charge is -2.21.